The van der Waals surface area contributed by atoms with E-state index in [0.717, 1.165) is 4.90 Å². The highest BCUT2D eigenvalue weighted by Gasteiger charge is 2.39. The van der Waals surface area contributed by atoms with Crippen LogP contribution in [0.4, 0.5) is 9.18 Å². The molecule has 4 heteroatoms. The fourth-order valence-electron chi connectivity index (χ4n) is 0.510. The van der Waals surface area contributed by atoms with Crippen molar-refractivity contribution >= 4 is 6.09 Å². The summed E-state index contributed by atoms with van der Waals surface area (Å²) in [4.78, 5) is 11.5. The Kier molecular flexibility index (Phi) is 1.55. The molecule has 1 aliphatic heterocycles. The molecule has 9 heavy (non-hydrogen) atoms. The van der Waals surface area contributed by atoms with Crippen LogP contribution in [0.3, 0.4) is 0 Å². The van der Waals surface area contributed by atoms with Gasteiger partial charge in [-0.05, 0) is 6.92 Å². The van der Waals surface area contributed by atoms with Crippen LogP contribution in [0.25, 0.3) is 0 Å². The van der Waals surface area contributed by atoms with Gasteiger partial charge in [-0.3, -0.25) is 4.90 Å². The van der Waals surface area contributed by atoms with Crippen molar-refractivity contribution in [3.63, 3.8) is 0 Å². The first-order chi connectivity index (χ1) is 4.25. The number of carbonyl (C=O) groups is 1. The van der Waals surface area contributed by atoms with Crippen LogP contribution in [0.1, 0.15) is 6.92 Å². The Labute approximate surface area is 52.4 Å². The van der Waals surface area contributed by atoms with Crippen LogP contribution in [0.2, 0.25) is 0 Å². The van der Waals surface area contributed by atoms with Crippen molar-refractivity contribution < 1.29 is 13.9 Å². The summed E-state index contributed by atoms with van der Waals surface area (Å²) in [5.74, 6) is 0. The normalized spacial score (nSPS) is 23.8. The lowest BCUT2D eigenvalue weighted by molar-refractivity contribution is 0.128. The van der Waals surface area contributed by atoms with E-state index in [1.54, 1.807) is 6.92 Å². The zero-order chi connectivity index (χ0) is 6.85. The second kappa shape index (κ2) is 2.21. The summed E-state index contributed by atoms with van der Waals surface area (Å²) in [6.45, 7) is 2.19. The minimum atomic E-state index is -1.09. The van der Waals surface area contributed by atoms with E-state index in [4.69, 9.17) is 0 Å². The molecule has 1 fully saturated rings. The number of alkyl halides is 1. The van der Waals surface area contributed by atoms with Gasteiger partial charge in [-0.25, -0.2) is 9.18 Å². The molecule has 1 atom stereocenters. The van der Waals surface area contributed by atoms with E-state index in [1.165, 1.54) is 0 Å². The van der Waals surface area contributed by atoms with Gasteiger partial charge in [0, 0.05) is 0 Å². The number of carbonyl (C=O) groups excluding carboxylic acids is 1. The molecule has 0 N–H and O–H groups in total. The van der Waals surface area contributed by atoms with Crippen LogP contribution in [0.15, 0.2) is 0 Å². The maximum atomic E-state index is 12.0. The molecule has 1 rings (SSSR count). The van der Waals surface area contributed by atoms with E-state index in [9.17, 15) is 9.18 Å². The molecule has 1 saturated heterocycles. The highest BCUT2D eigenvalue weighted by Crippen LogP contribution is 2.18. The third-order valence-electron chi connectivity index (χ3n) is 1.05. The Bertz CT molecular complexity index is 128. The van der Waals surface area contributed by atoms with Crippen molar-refractivity contribution in [1.82, 2.24) is 4.90 Å². The minimum Gasteiger partial charge on any atom is -0.450 e. The van der Waals surface area contributed by atoms with Crippen molar-refractivity contribution in [1.29, 1.82) is 0 Å². The molecule has 0 aromatic carbocycles. The molecule has 0 bridgehead atoms. The van der Waals surface area contributed by atoms with Gasteiger partial charge < -0.3 is 4.74 Å². The van der Waals surface area contributed by atoms with Crippen LogP contribution in [0.5, 0.6) is 0 Å². The minimum absolute atomic E-state index is 0.193. The first-order valence-corrected chi connectivity index (χ1v) is 2.83. The summed E-state index contributed by atoms with van der Waals surface area (Å²) < 4.78 is 16.5. The molecular weight excluding hydrogens is 125 g/mol. The number of ether oxygens (including phenoxy) is 1. The van der Waals surface area contributed by atoms with Crippen molar-refractivity contribution in [3.8, 4) is 0 Å². The van der Waals surface area contributed by atoms with Gasteiger partial charge in [0.05, 0.1) is 13.2 Å². The van der Waals surface area contributed by atoms with Gasteiger partial charge in [-0.1, -0.05) is 0 Å². The monoisotopic (exact) mass is 133 g/mol. The van der Waals surface area contributed by atoms with E-state index in [0.29, 0.717) is 6.61 Å². The lowest BCUT2D eigenvalue weighted by Gasteiger charge is -1.99. The molecule has 1 aliphatic rings. The number of rotatable bonds is 1. The van der Waals surface area contributed by atoms with E-state index >= 15 is 0 Å². The molecule has 0 spiro atoms. The molecule has 0 aliphatic carbocycles. The van der Waals surface area contributed by atoms with E-state index in [1.807, 2.05) is 0 Å². The quantitative estimate of drug-likeness (QED) is 0.390. The SMILES string of the molecule is CCOC(=O)N1CC1F. The van der Waals surface area contributed by atoms with Crippen LogP contribution in [0, 0.1) is 0 Å². The Morgan fingerprint density at radius 3 is 2.89 bits per heavy atom. The highest BCUT2D eigenvalue weighted by molar-refractivity contribution is 5.70. The van der Waals surface area contributed by atoms with Crippen LogP contribution >= 0.6 is 0 Å². The second-order valence-corrected chi connectivity index (χ2v) is 1.79. The zero-order valence-corrected chi connectivity index (χ0v) is 5.13. The number of amides is 1. The highest BCUT2D eigenvalue weighted by atomic mass is 19.1. The standard InChI is InChI=1S/C5H8FNO2/c1-2-9-5(8)7-3-4(7)6/h4H,2-3H2,1H3. The third-order valence-corrected chi connectivity index (χ3v) is 1.05. The van der Waals surface area contributed by atoms with Gasteiger partial charge in [0.25, 0.3) is 0 Å². The number of hydrogen-bond donors (Lipinski definition) is 0. The number of halogens is 1. The Morgan fingerprint density at radius 2 is 2.56 bits per heavy atom. The molecule has 0 saturated carbocycles. The van der Waals surface area contributed by atoms with Crippen molar-refractivity contribution in [2.24, 2.45) is 0 Å². The smallest absolute Gasteiger partial charge is 0.412 e. The van der Waals surface area contributed by atoms with E-state index in [2.05, 4.69) is 4.74 Å². The first kappa shape index (κ1) is 6.32. The predicted octanol–water partition coefficient (Wildman–Crippen LogP) is 0.754. The van der Waals surface area contributed by atoms with E-state index in [-0.39, 0.29) is 6.54 Å². The van der Waals surface area contributed by atoms with Gasteiger partial charge >= 0.3 is 6.09 Å². The van der Waals surface area contributed by atoms with Gasteiger partial charge in [0.2, 0.25) is 0 Å². The van der Waals surface area contributed by atoms with Crippen LogP contribution in [-0.2, 0) is 4.74 Å². The van der Waals surface area contributed by atoms with Gasteiger partial charge in [0.15, 0.2) is 6.30 Å². The topological polar surface area (TPSA) is 29.3 Å². The number of nitrogens with zero attached hydrogens (tertiary/aromatic N) is 1. The number of hydrogen-bond acceptors (Lipinski definition) is 2. The van der Waals surface area contributed by atoms with Crippen molar-refractivity contribution in [3.05, 3.63) is 0 Å². The molecule has 52 valence electrons. The molecule has 0 aromatic rings. The summed E-state index contributed by atoms with van der Waals surface area (Å²) >= 11 is 0. The zero-order valence-electron chi connectivity index (χ0n) is 5.13. The lowest BCUT2D eigenvalue weighted by Crippen LogP contribution is -2.13. The Hall–Kier alpha value is -0.800. The maximum absolute atomic E-state index is 12.0. The van der Waals surface area contributed by atoms with Crippen molar-refractivity contribution in [2.45, 2.75) is 13.2 Å². The second-order valence-electron chi connectivity index (χ2n) is 1.79. The Morgan fingerprint density at radius 1 is 2.00 bits per heavy atom. The third kappa shape index (κ3) is 1.31. The molecule has 1 heterocycles. The molecule has 1 amide bonds. The van der Waals surface area contributed by atoms with Crippen molar-refractivity contribution in [2.75, 3.05) is 13.2 Å². The summed E-state index contributed by atoms with van der Waals surface area (Å²) in [5, 5.41) is 0. The predicted molar refractivity (Wildman–Crippen MR) is 28.6 cm³/mol. The molecule has 0 radical (unpaired) electrons. The fourth-order valence-corrected chi connectivity index (χ4v) is 0.510. The maximum Gasteiger partial charge on any atom is 0.412 e. The summed E-state index contributed by atoms with van der Waals surface area (Å²) in [6, 6.07) is 0. The van der Waals surface area contributed by atoms with Gasteiger partial charge in [0.1, 0.15) is 0 Å². The molecule has 0 aromatic heterocycles. The Balaban J connectivity index is 2.20. The average Bonchev–Trinajstić information content (AvgIpc) is 2.47. The molecular formula is C5H8FNO2. The summed E-state index contributed by atoms with van der Waals surface area (Å²) in [5.41, 5.74) is 0. The first-order valence-electron chi connectivity index (χ1n) is 2.83. The molecule has 1 unspecified atom stereocenters. The summed E-state index contributed by atoms with van der Waals surface area (Å²) in [7, 11) is 0. The van der Waals surface area contributed by atoms with E-state index < -0.39 is 12.4 Å². The van der Waals surface area contributed by atoms with Gasteiger partial charge in [-0.2, -0.15) is 0 Å². The molecule has 3 nitrogen and oxygen atoms in total. The fraction of sp³-hybridized carbons (Fsp3) is 0.800. The van der Waals surface area contributed by atoms with Crippen LogP contribution < -0.4 is 0 Å². The van der Waals surface area contributed by atoms with Crippen LogP contribution in [-0.4, -0.2) is 30.4 Å². The lowest BCUT2D eigenvalue weighted by atomic mass is 10.9. The summed E-state index contributed by atoms with van der Waals surface area (Å²) in [6.07, 6.45) is -1.64. The van der Waals surface area contributed by atoms with Gasteiger partial charge in [-0.15, -0.1) is 0 Å². The average molecular weight is 133 g/mol. The largest absolute Gasteiger partial charge is 0.450 e.